The minimum absolute atomic E-state index is 0.578. The quantitative estimate of drug-likeness (QED) is 0.735. The molecule has 0 aliphatic rings. The van der Waals surface area contributed by atoms with Crippen LogP contribution in [-0.4, -0.2) is 21.6 Å². The molecule has 0 aliphatic carbocycles. The molecular formula is C17H19N3O. The fraction of sp³-hybridized carbons (Fsp3) is 0.294. The summed E-state index contributed by atoms with van der Waals surface area (Å²) in [5.74, 6) is 0.895. The van der Waals surface area contributed by atoms with Gasteiger partial charge >= 0.3 is 0 Å². The lowest BCUT2D eigenvalue weighted by molar-refractivity contribution is 0.292. The van der Waals surface area contributed by atoms with Crippen LogP contribution >= 0.6 is 0 Å². The number of rotatable bonds is 4. The number of ether oxygens (including phenoxy) is 1. The second kappa shape index (κ2) is 5.56. The first-order valence-corrected chi connectivity index (χ1v) is 7.13. The molecule has 0 saturated heterocycles. The highest BCUT2D eigenvalue weighted by molar-refractivity contribution is 5.76. The third-order valence-corrected chi connectivity index (χ3v) is 3.69. The van der Waals surface area contributed by atoms with Crippen LogP contribution in [0.2, 0.25) is 0 Å². The van der Waals surface area contributed by atoms with Crippen molar-refractivity contribution in [3.05, 3.63) is 53.1 Å². The third-order valence-electron chi connectivity index (χ3n) is 3.69. The van der Waals surface area contributed by atoms with E-state index in [0.717, 1.165) is 16.8 Å². The van der Waals surface area contributed by atoms with E-state index in [0.29, 0.717) is 13.2 Å². The van der Waals surface area contributed by atoms with Crippen LogP contribution in [0.4, 0.5) is 0 Å². The largest absolute Gasteiger partial charge is 0.492 e. The topological polar surface area (TPSA) is 39.9 Å². The molecular weight excluding hydrogens is 262 g/mol. The summed E-state index contributed by atoms with van der Waals surface area (Å²) in [5, 5.41) is 8.43. The summed E-state index contributed by atoms with van der Waals surface area (Å²) in [6, 6.07) is 12.3. The van der Waals surface area contributed by atoms with Crippen molar-refractivity contribution >= 4 is 11.0 Å². The highest BCUT2D eigenvalue weighted by atomic mass is 16.5. The van der Waals surface area contributed by atoms with Gasteiger partial charge in [0.25, 0.3) is 0 Å². The van der Waals surface area contributed by atoms with Crippen LogP contribution in [-0.2, 0) is 6.54 Å². The molecule has 2 aromatic carbocycles. The zero-order valence-electron chi connectivity index (χ0n) is 12.6. The van der Waals surface area contributed by atoms with E-state index >= 15 is 0 Å². The average molecular weight is 281 g/mol. The molecule has 108 valence electrons. The number of nitrogens with zero attached hydrogens (tertiary/aromatic N) is 3. The van der Waals surface area contributed by atoms with Crippen LogP contribution in [0.1, 0.15) is 16.7 Å². The molecule has 3 aromatic rings. The molecule has 0 bridgehead atoms. The van der Waals surface area contributed by atoms with Crippen molar-refractivity contribution in [2.75, 3.05) is 6.61 Å². The maximum Gasteiger partial charge on any atom is 0.119 e. The highest BCUT2D eigenvalue weighted by Gasteiger charge is 2.06. The van der Waals surface area contributed by atoms with E-state index in [4.69, 9.17) is 4.74 Å². The van der Waals surface area contributed by atoms with Crippen LogP contribution in [0.5, 0.6) is 5.75 Å². The number of hydrogen-bond acceptors (Lipinski definition) is 3. The SMILES string of the molecule is Cc1cccc(OCCn2nnc3cc(C)c(C)cc32)c1. The van der Waals surface area contributed by atoms with Crippen molar-refractivity contribution in [3.63, 3.8) is 0 Å². The number of fused-ring (bicyclic) bond motifs is 1. The second-order valence-corrected chi connectivity index (χ2v) is 5.40. The van der Waals surface area contributed by atoms with Crippen LogP contribution < -0.4 is 4.74 Å². The summed E-state index contributed by atoms with van der Waals surface area (Å²) in [6.45, 7) is 7.52. The number of aromatic nitrogens is 3. The molecule has 0 N–H and O–H groups in total. The van der Waals surface area contributed by atoms with E-state index in [-0.39, 0.29) is 0 Å². The Kier molecular flexibility index (Phi) is 3.60. The smallest absolute Gasteiger partial charge is 0.119 e. The van der Waals surface area contributed by atoms with E-state index in [1.807, 2.05) is 22.9 Å². The highest BCUT2D eigenvalue weighted by Crippen LogP contribution is 2.17. The van der Waals surface area contributed by atoms with Crippen molar-refractivity contribution in [1.29, 1.82) is 0 Å². The van der Waals surface area contributed by atoms with Crippen molar-refractivity contribution < 1.29 is 4.74 Å². The van der Waals surface area contributed by atoms with Crippen molar-refractivity contribution in [2.45, 2.75) is 27.3 Å². The predicted molar refractivity (Wildman–Crippen MR) is 83.7 cm³/mol. The molecule has 21 heavy (non-hydrogen) atoms. The lowest BCUT2D eigenvalue weighted by Crippen LogP contribution is -2.09. The van der Waals surface area contributed by atoms with Gasteiger partial charge in [0.05, 0.1) is 12.1 Å². The van der Waals surface area contributed by atoms with Gasteiger partial charge in [0, 0.05) is 0 Å². The van der Waals surface area contributed by atoms with Crippen molar-refractivity contribution in [1.82, 2.24) is 15.0 Å². The standard InChI is InChI=1S/C17H19N3O/c1-12-5-4-6-15(9-12)21-8-7-20-17-11-14(3)13(2)10-16(17)18-19-20/h4-6,9-11H,7-8H2,1-3H3. The van der Waals surface area contributed by atoms with Gasteiger partial charge in [0.1, 0.15) is 17.9 Å². The lowest BCUT2D eigenvalue weighted by atomic mass is 10.1. The van der Waals surface area contributed by atoms with Gasteiger partial charge < -0.3 is 4.74 Å². The summed E-state index contributed by atoms with van der Waals surface area (Å²) in [6.07, 6.45) is 0. The summed E-state index contributed by atoms with van der Waals surface area (Å²) in [4.78, 5) is 0. The van der Waals surface area contributed by atoms with Gasteiger partial charge in [-0.15, -0.1) is 5.10 Å². The summed E-state index contributed by atoms with van der Waals surface area (Å²) >= 11 is 0. The second-order valence-electron chi connectivity index (χ2n) is 5.40. The molecule has 0 radical (unpaired) electrons. The van der Waals surface area contributed by atoms with Gasteiger partial charge in [-0.25, -0.2) is 4.68 Å². The minimum atomic E-state index is 0.578. The molecule has 1 aromatic heterocycles. The lowest BCUT2D eigenvalue weighted by Gasteiger charge is -2.07. The van der Waals surface area contributed by atoms with Gasteiger partial charge in [-0.2, -0.15) is 0 Å². The van der Waals surface area contributed by atoms with Crippen molar-refractivity contribution in [3.8, 4) is 5.75 Å². The Morgan fingerprint density at radius 3 is 2.67 bits per heavy atom. The van der Waals surface area contributed by atoms with E-state index in [9.17, 15) is 0 Å². The Morgan fingerprint density at radius 1 is 1.05 bits per heavy atom. The Bertz CT molecular complexity index is 777. The molecule has 0 fully saturated rings. The zero-order valence-corrected chi connectivity index (χ0v) is 12.6. The van der Waals surface area contributed by atoms with Crippen molar-refractivity contribution in [2.24, 2.45) is 0 Å². The zero-order chi connectivity index (χ0) is 14.8. The maximum absolute atomic E-state index is 5.77. The average Bonchev–Trinajstić information content (AvgIpc) is 2.82. The third kappa shape index (κ3) is 2.89. The minimum Gasteiger partial charge on any atom is -0.492 e. The fourth-order valence-corrected chi connectivity index (χ4v) is 2.34. The summed E-state index contributed by atoms with van der Waals surface area (Å²) < 4.78 is 7.67. The molecule has 0 spiro atoms. The van der Waals surface area contributed by atoms with Crippen LogP contribution in [0.3, 0.4) is 0 Å². The monoisotopic (exact) mass is 281 g/mol. The molecule has 4 heteroatoms. The predicted octanol–water partition coefficient (Wildman–Crippen LogP) is 3.44. The van der Waals surface area contributed by atoms with E-state index in [1.54, 1.807) is 0 Å². The maximum atomic E-state index is 5.77. The Balaban J connectivity index is 1.72. The van der Waals surface area contributed by atoms with Gasteiger partial charge in [0.2, 0.25) is 0 Å². The van der Waals surface area contributed by atoms with Gasteiger partial charge in [-0.3, -0.25) is 0 Å². The molecule has 1 heterocycles. The van der Waals surface area contributed by atoms with Crippen LogP contribution in [0, 0.1) is 20.8 Å². The normalized spacial score (nSPS) is 11.0. The molecule has 0 saturated carbocycles. The van der Waals surface area contributed by atoms with Crippen LogP contribution in [0.25, 0.3) is 11.0 Å². The first-order valence-electron chi connectivity index (χ1n) is 7.13. The molecule has 0 aliphatic heterocycles. The summed E-state index contributed by atoms with van der Waals surface area (Å²) in [7, 11) is 0. The Hall–Kier alpha value is -2.36. The molecule has 4 nitrogen and oxygen atoms in total. The van der Waals surface area contributed by atoms with E-state index < -0.39 is 0 Å². The Morgan fingerprint density at radius 2 is 1.86 bits per heavy atom. The van der Waals surface area contributed by atoms with Gasteiger partial charge in [-0.1, -0.05) is 17.3 Å². The first-order chi connectivity index (χ1) is 10.1. The number of benzene rings is 2. The molecule has 0 unspecified atom stereocenters. The first kappa shape index (κ1) is 13.6. The van der Waals surface area contributed by atoms with E-state index in [1.165, 1.54) is 16.7 Å². The van der Waals surface area contributed by atoms with Crippen LogP contribution in [0.15, 0.2) is 36.4 Å². The number of aryl methyl sites for hydroxylation is 3. The molecule has 0 amide bonds. The van der Waals surface area contributed by atoms with E-state index in [2.05, 4.69) is 49.3 Å². The Labute approximate surface area is 124 Å². The number of hydrogen-bond donors (Lipinski definition) is 0. The molecule has 0 atom stereocenters. The fourth-order valence-electron chi connectivity index (χ4n) is 2.34. The molecule has 3 rings (SSSR count). The van der Waals surface area contributed by atoms with Gasteiger partial charge in [0.15, 0.2) is 0 Å². The summed E-state index contributed by atoms with van der Waals surface area (Å²) in [5.41, 5.74) is 5.70. The van der Waals surface area contributed by atoms with Gasteiger partial charge in [-0.05, 0) is 61.7 Å².